The lowest BCUT2D eigenvalue weighted by Crippen LogP contribution is -2.53. The first-order valence-electron chi connectivity index (χ1n) is 21.7. The maximum absolute atomic E-state index is 13.3. The van der Waals surface area contributed by atoms with Crippen LogP contribution < -0.4 is 15.0 Å². The molecule has 6 heterocycles. The van der Waals surface area contributed by atoms with Crippen molar-refractivity contribution in [3.05, 3.63) is 83.7 Å². The first kappa shape index (κ1) is 44.5. The second-order valence-corrected chi connectivity index (χ2v) is 18.1. The van der Waals surface area contributed by atoms with E-state index in [1.807, 2.05) is 18.2 Å². The maximum atomic E-state index is 13.3. The molecular weight excluding hydrogens is 852 g/mol. The van der Waals surface area contributed by atoms with E-state index < -0.39 is 17.5 Å². The van der Waals surface area contributed by atoms with E-state index in [0.717, 1.165) is 110 Å². The first-order valence-corrected chi connectivity index (χ1v) is 23.0. The molecule has 14 nitrogen and oxygen atoms in total. The van der Waals surface area contributed by atoms with Gasteiger partial charge in [0, 0.05) is 111 Å². The lowest BCUT2D eigenvalue weighted by molar-refractivity contribution is -0.150. The summed E-state index contributed by atoms with van der Waals surface area (Å²) in [5.74, 6) is 0.624. The van der Waals surface area contributed by atoms with E-state index in [1.165, 1.54) is 44.2 Å². The Morgan fingerprint density at radius 2 is 1.71 bits per heavy atom. The van der Waals surface area contributed by atoms with Crippen LogP contribution in [-0.2, 0) is 16.1 Å². The molecule has 2 N–H and O–H groups in total. The predicted octanol–water partition coefficient (Wildman–Crippen LogP) is 6.93. The molecule has 2 aromatic carbocycles. The molecule has 18 heteroatoms. The number of imide groups is 1. The summed E-state index contributed by atoms with van der Waals surface area (Å²) >= 11 is 6.64. The van der Waals surface area contributed by atoms with Crippen molar-refractivity contribution in [3.63, 3.8) is 0 Å². The number of thioether (sulfide) groups is 1. The van der Waals surface area contributed by atoms with Crippen LogP contribution in [0.15, 0.2) is 71.9 Å². The standard InChI is InChI=1S/C45H52ClF2N9O5S/c1-53-40(58)14-13-38(44(53)61)57-29-36-34(43(57)60)7-6-8-39(36)63-26-5-3-2-4-19-54-22-24-55(25-23-54)32-16-20-56(21-17-32)41-35(37-15-18-50-52-37)27-30(28-49-41)42(59)51-31-9-11-33(12-10-31)62-45(46,47)48/h6-12,15,18,27-28,32,38H,2-5,13-14,16-17,19-26,29H2,1H3,(H,50,52)(H,51,59). The summed E-state index contributed by atoms with van der Waals surface area (Å²) in [7, 11) is 1.50. The summed E-state index contributed by atoms with van der Waals surface area (Å²) in [6, 6.07) is 14.9. The van der Waals surface area contributed by atoms with E-state index in [1.54, 1.807) is 35.1 Å². The number of aromatic amines is 1. The molecule has 63 heavy (non-hydrogen) atoms. The van der Waals surface area contributed by atoms with E-state index in [9.17, 15) is 28.0 Å². The zero-order chi connectivity index (χ0) is 44.1. The number of anilines is 2. The average molecular weight is 904 g/mol. The number of likely N-dealkylation sites (tertiary alicyclic amines) is 1. The highest BCUT2D eigenvalue weighted by Crippen LogP contribution is 2.36. The molecule has 4 aromatic rings. The average Bonchev–Trinajstić information content (AvgIpc) is 3.94. The molecule has 4 aliphatic rings. The van der Waals surface area contributed by atoms with Crippen molar-refractivity contribution >= 4 is 58.5 Å². The number of rotatable bonds is 16. The number of likely N-dealkylation sites (N-methyl/N-ethyl adjacent to an activating group) is 1. The molecule has 0 spiro atoms. The Morgan fingerprint density at radius 1 is 0.952 bits per heavy atom. The van der Waals surface area contributed by atoms with Crippen LogP contribution in [0.2, 0.25) is 0 Å². The predicted molar refractivity (Wildman–Crippen MR) is 237 cm³/mol. The molecule has 2 aromatic heterocycles. The summed E-state index contributed by atoms with van der Waals surface area (Å²) in [4.78, 5) is 67.5. The van der Waals surface area contributed by atoms with Gasteiger partial charge in [0.15, 0.2) is 0 Å². The molecule has 1 atom stereocenters. The van der Waals surface area contributed by atoms with Gasteiger partial charge >= 0.3 is 5.57 Å². The van der Waals surface area contributed by atoms with Crippen molar-refractivity contribution in [2.24, 2.45) is 0 Å². The van der Waals surface area contributed by atoms with E-state index >= 15 is 0 Å². The zero-order valence-electron chi connectivity index (χ0n) is 35.2. The van der Waals surface area contributed by atoms with Gasteiger partial charge in [0.2, 0.25) is 5.91 Å². The smallest absolute Gasteiger partial charge is 0.420 e. The maximum Gasteiger partial charge on any atom is 0.487 e. The molecule has 3 saturated heterocycles. The third-order valence-electron chi connectivity index (χ3n) is 12.5. The van der Waals surface area contributed by atoms with Crippen LogP contribution in [0, 0.1) is 0 Å². The van der Waals surface area contributed by atoms with Gasteiger partial charge in [0.1, 0.15) is 17.6 Å². The second kappa shape index (κ2) is 19.7. The fraction of sp³-hybridized carbons (Fsp3) is 0.467. The zero-order valence-corrected chi connectivity index (χ0v) is 36.8. The number of piperazine rings is 1. The third kappa shape index (κ3) is 10.6. The summed E-state index contributed by atoms with van der Waals surface area (Å²) in [5, 5.41) is 9.93. The second-order valence-electron chi connectivity index (χ2n) is 16.5. The van der Waals surface area contributed by atoms with Crippen LogP contribution in [0.1, 0.15) is 77.6 Å². The van der Waals surface area contributed by atoms with E-state index in [0.29, 0.717) is 35.8 Å². The minimum Gasteiger partial charge on any atom is -0.420 e. The van der Waals surface area contributed by atoms with Gasteiger partial charge in [-0.05, 0) is 98.5 Å². The Hall–Kier alpha value is -5.10. The van der Waals surface area contributed by atoms with Crippen LogP contribution in [0.25, 0.3) is 11.3 Å². The molecule has 0 saturated carbocycles. The number of carbonyl (C=O) groups excluding carboxylic acids is 4. The van der Waals surface area contributed by atoms with Crippen LogP contribution in [0.5, 0.6) is 5.75 Å². The van der Waals surface area contributed by atoms with Gasteiger partial charge in [-0.3, -0.25) is 34.1 Å². The molecule has 0 aliphatic carbocycles. The number of nitrogens with one attached hydrogen (secondary N) is 2. The van der Waals surface area contributed by atoms with E-state index in [2.05, 4.69) is 41.0 Å². The quantitative estimate of drug-likeness (QED) is 0.0522. The topological polar surface area (TPSA) is 147 Å². The molecule has 8 rings (SSSR count). The van der Waals surface area contributed by atoms with Crippen molar-refractivity contribution in [2.75, 3.05) is 68.8 Å². The molecular formula is C45H52ClF2N9O5S. The molecule has 4 amide bonds. The number of pyridine rings is 1. The van der Waals surface area contributed by atoms with Crippen molar-refractivity contribution in [2.45, 2.75) is 80.5 Å². The lowest BCUT2D eigenvalue weighted by atomic mass is 10.0. The van der Waals surface area contributed by atoms with Gasteiger partial charge in [-0.25, -0.2) is 4.98 Å². The molecule has 0 radical (unpaired) electrons. The number of fused-ring (bicyclic) bond motifs is 1. The Kier molecular flexibility index (Phi) is 13.9. The summed E-state index contributed by atoms with van der Waals surface area (Å²) < 4.78 is 30.3. The van der Waals surface area contributed by atoms with Crippen LogP contribution in [-0.4, -0.2) is 135 Å². The number of unbranched alkanes of at least 4 members (excludes halogenated alkanes) is 3. The van der Waals surface area contributed by atoms with Crippen molar-refractivity contribution in [1.82, 2.24) is 34.8 Å². The molecule has 3 fully saturated rings. The fourth-order valence-electron chi connectivity index (χ4n) is 9.05. The highest BCUT2D eigenvalue weighted by molar-refractivity contribution is 7.99. The third-order valence-corrected chi connectivity index (χ3v) is 13.8. The number of hydrogen-bond donors (Lipinski definition) is 2. The first-order chi connectivity index (χ1) is 30.4. The minimum atomic E-state index is -3.83. The van der Waals surface area contributed by atoms with Gasteiger partial charge in [-0.15, -0.1) is 20.5 Å². The number of aromatic nitrogens is 3. The normalized spacial score (nSPS) is 19.2. The SMILES string of the molecule is CN1C(=O)CCC(N2Cc3c(SCCCCCCN4CCN(C5CCN(c6ncc(C(=O)Nc7ccc(OC(F)(F)Cl)cc7)cc6-c6ccn[nH]6)CC5)CC4)cccc3C2=O)C1=O. The van der Waals surface area contributed by atoms with E-state index in [4.69, 9.17) is 16.6 Å². The van der Waals surface area contributed by atoms with Gasteiger partial charge < -0.3 is 24.8 Å². The van der Waals surface area contributed by atoms with Gasteiger partial charge in [0.25, 0.3) is 17.7 Å². The number of alkyl halides is 3. The van der Waals surface area contributed by atoms with E-state index in [-0.39, 0.29) is 29.9 Å². The Morgan fingerprint density at radius 3 is 2.44 bits per heavy atom. The Bertz CT molecular complexity index is 2270. The number of benzene rings is 2. The van der Waals surface area contributed by atoms with Gasteiger partial charge in [-0.1, -0.05) is 18.9 Å². The van der Waals surface area contributed by atoms with Crippen LogP contribution in [0.4, 0.5) is 20.3 Å². The number of piperidine rings is 2. The highest BCUT2D eigenvalue weighted by atomic mass is 35.5. The number of carbonyl (C=O) groups is 4. The number of H-pyrrole nitrogens is 1. The number of halogens is 3. The minimum absolute atomic E-state index is 0.119. The van der Waals surface area contributed by atoms with Gasteiger partial charge in [0.05, 0.1) is 11.3 Å². The van der Waals surface area contributed by atoms with Crippen molar-refractivity contribution < 1.29 is 32.7 Å². The number of hydrogen-bond acceptors (Lipinski definition) is 11. The van der Waals surface area contributed by atoms with Crippen LogP contribution >= 0.6 is 23.4 Å². The monoisotopic (exact) mass is 903 g/mol. The number of amides is 4. The Labute approximate surface area is 374 Å². The summed E-state index contributed by atoms with van der Waals surface area (Å²) in [6.45, 7) is 7.45. The molecule has 1 unspecified atom stereocenters. The molecule has 0 bridgehead atoms. The molecule has 4 aliphatic heterocycles. The Balaban J connectivity index is 0.741. The largest absolute Gasteiger partial charge is 0.487 e. The van der Waals surface area contributed by atoms with Crippen molar-refractivity contribution in [1.29, 1.82) is 0 Å². The fourth-order valence-corrected chi connectivity index (χ4v) is 10.2. The molecule has 334 valence electrons. The van der Waals surface area contributed by atoms with Gasteiger partial charge in [-0.2, -0.15) is 5.10 Å². The summed E-state index contributed by atoms with van der Waals surface area (Å²) in [5.41, 5.74) is 0.0967. The lowest BCUT2D eigenvalue weighted by Gasteiger charge is -2.43. The van der Waals surface area contributed by atoms with Crippen molar-refractivity contribution in [3.8, 4) is 17.0 Å². The summed E-state index contributed by atoms with van der Waals surface area (Å²) in [6.07, 6.45) is 10.5. The number of ether oxygens (including phenoxy) is 1. The van der Waals surface area contributed by atoms with Crippen LogP contribution in [0.3, 0.4) is 0 Å². The number of nitrogens with zero attached hydrogens (tertiary/aromatic N) is 7. The highest BCUT2D eigenvalue weighted by Gasteiger charge is 2.42.